The van der Waals surface area contributed by atoms with Crippen molar-refractivity contribution in [2.24, 2.45) is 5.10 Å². The molecule has 0 bridgehead atoms. The highest BCUT2D eigenvalue weighted by Crippen LogP contribution is 2.34. The van der Waals surface area contributed by atoms with Gasteiger partial charge in [-0.3, -0.25) is 14.9 Å². The number of rotatable bonds is 9. The number of unbranched alkanes of at least 4 members (excludes halogenated alkanes) is 1. The summed E-state index contributed by atoms with van der Waals surface area (Å²) >= 11 is 9.54. The molecular formula is C26H21BrClFN4O4. The predicted molar refractivity (Wildman–Crippen MR) is 144 cm³/mol. The molecule has 190 valence electrons. The summed E-state index contributed by atoms with van der Waals surface area (Å²) in [5, 5.41) is 16.6. The number of nitrogens with zero attached hydrogens (tertiary/aromatic N) is 4. The summed E-state index contributed by atoms with van der Waals surface area (Å²) < 4.78 is 21.0. The van der Waals surface area contributed by atoms with Gasteiger partial charge in [-0.25, -0.2) is 9.37 Å². The quantitative estimate of drug-likeness (QED) is 0.124. The third kappa shape index (κ3) is 6.20. The van der Waals surface area contributed by atoms with Gasteiger partial charge in [0.2, 0.25) is 5.75 Å². The number of hydrogen-bond donors (Lipinski definition) is 0. The Morgan fingerprint density at radius 2 is 1.97 bits per heavy atom. The number of fused-ring (bicyclic) bond motifs is 1. The Kier molecular flexibility index (Phi) is 8.30. The molecule has 0 N–H and O–H groups in total. The molecule has 0 aliphatic rings. The lowest BCUT2D eigenvalue weighted by atomic mass is 10.1. The number of ether oxygens (including phenoxy) is 1. The van der Waals surface area contributed by atoms with Crippen LogP contribution in [0.15, 0.2) is 69.0 Å². The van der Waals surface area contributed by atoms with Crippen LogP contribution in [0.2, 0.25) is 5.02 Å². The van der Waals surface area contributed by atoms with E-state index in [9.17, 15) is 19.3 Å². The van der Waals surface area contributed by atoms with Crippen LogP contribution in [0.4, 0.5) is 10.1 Å². The Morgan fingerprint density at radius 1 is 1.22 bits per heavy atom. The van der Waals surface area contributed by atoms with Crippen LogP contribution >= 0.6 is 27.5 Å². The van der Waals surface area contributed by atoms with Crippen molar-refractivity contribution in [1.82, 2.24) is 9.66 Å². The molecule has 0 unspecified atom stereocenters. The van der Waals surface area contributed by atoms with Crippen molar-refractivity contribution in [3.63, 3.8) is 0 Å². The predicted octanol–water partition coefficient (Wildman–Crippen LogP) is 6.66. The van der Waals surface area contributed by atoms with Crippen molar-refractivity contribution in [2.75, 3.05) is 0 Å². The zero-order valence-corrected chi connectivity index (χ0v) is 22.0. The van der Waals surface area contributed by atoms with Crippen LogP contribution < -0.4 is 10.3 Å². The van der Waals surface area contributed by atoms with Gasteiger partial charge in [0.05, 0.1) is 22.0 Å². The SMILES string of the molecule is CCCCc1nc2ccc(Br)cc2c(=O)n1N=Cc1cc(Cl)cc([N+](=O)[O-])c1OCc1ccc(F)cc1. The van der Waals surface area contributed by atoms with Gasteiger partial charge >= 0.3 is 5.69 Å². The van der Waals surface area contributed by atoms with Crippen LogP contribution in [-0.2, 0) is 13.0 Å². The average Bonchev–Trinajstić information content (AvgIpc) is 2.87. The Labute approximate surface area is 224 Å². The molecule has 0 radical (unpaired) electrons. The summed E-state index contributed by atoms with van der Waals surface area (Å²) in [5.74, 6) is -0.0280. The van der Waals surface area contributed by atoms with Gasteiger partial charge in [-0.15, -0.1) is 0 Å². The molecule has 37 heavy (non-hydrogen) atoms. The van der Waals surface area contributed by atoms with Crippen LogP contribution in [0.3, 0.4) is 0 Å². The lowest BCUT2D eigenvalue weighted by Gasteiger charge is -2.12. The molecule has 0 saturated carbocycles. The van der Waals surface area contributed by atoms with Crippen LogP contribution in [0.25, 0.3) is 10.9 Å². The van der Waals surface area contributed by atoms with E-state index in [0.29, 0.717) is 28.7 Å². The van der Waals surface area contributed by atoms with Gasteiger partial charge in [0.15, 0.2) is 0 Å². The lowest BCUT2D eigenvalue weighted by Crippen LogP contribution is -2.22. The first kappa shape index (κ1) is 26.4. The van der Waals surface area contributed by atoms with Crippen molar-refractivity contribution >= 4 is 50.3 Å². The highest BCUT2D eigenvalue weighted by Gasteiger charge is 2.21. The van der Waals surface area contributed by atoms with E-state index in [-0.39, 0.29) is 34.2 Å². The highest BCUT2D eigenvalue weighted by atomic mass is 79.9. The molecule has 0 fully saturated rings. The van der Waals surface area contributed by atoms with E-state index >= 15 is 0 Å². The molecular weight excluding hydrogens is 567 g/mol. The van der Waals surface area contributed by atoms with Crippen molar-refractivity contribution in [3.8, 4) is 5.75 Å². The maximum absolute atomic E-state index is 13.3. The van der Waals surface area contributed by atoms with Crippen LogP contribution in [0.1, 0.15) is 36.7 Å². The lowest BCUT2D eigenvalue weighted by molar-refractivity contribution is -0.385. The third-order valence-corrected chi connectivity index (χ3v) is 6.21. The molecule has 0 spiro atoms. The highest BCUT2D eigenvalue weighted by molar-refractivity contribution is 9.10. The van der Waals surface area contributed by atoms with E-state index in [1.54, 1.807) is 12.1 Å². The minimum atomic E-state index is -0.614. The van der Waals surface area contributed by atoms with Gasteiger partial charge < -0.3 is 4.74 Å². The minimum Gasteiger partial charge on any atom is -0.481 e. The number of hydrogen-bond acceptors (Lipinski definition) is 6. The average molecular weight is 588 g/mol. The molecule has 4 aromatic rings. The van der Waals surface area contributed by atoms with E-state index in [1.807, 2.05) is 13.0 Å². The molecule has 4 rings (SSSR count). The van der Waals surface area contributed by atoms with E-state index < -0.39 is 10.7 Å². The monoisotopic (exact) mass is 586 g/mol. The van der Waals surface area contributed by atoms with Crippen molar-refractivity contribution in [2.45, 2.75) is 32.8 Å². The van der Waals surface area contributed by atoms with Gasteiger partial charge in [-0.2, -0.15) is 9.78 Å². The molecule has 1 aromatic heterocycles. The summed E-state index contributed by atoms with van der Waals surface area (Å²) in [4.78, 5) is 29.1. The number of nitro benzene ring substituents is 1. The molecule has 0 amide bonds. The first-order valence-corrected chi connectivity index (χ1v) is 12.5. The summed E-state index contributed by atoms with van der Waals surface area (Å²) in [7, 11) is 0. The smallest absolute Gasteiger partial charge is 0.313 e. The maximum Gasteiger partial charge on any atom is 0.313 e. The Hall–Kier alpha value is -3.63. The normalized spacial score (nSPS) is 11.4. The number of aromatic nitrogens is 2. The first-order chi connectivity index (χ1) is 17.8. The topological polar surface area (TPSA) is 99.6 Å². The van der Waals surface area contributed by atoms with Gasteiger partial charge in [0.25, 0.3) is 5.56 Å². The van der Waals surface area contributed by atoms with E-state index in [4.69, 9.17) is 16.3 Å². The van der Waals surface area contributed by atoms with E-state index in [0.717, 1.165) is 17.3 Å². The molecule has 0 aliphatic heterocycles. The number of benzene rings is 3. The summed E-state index contributed by atoms with van der Waals surface area (Å²) in [6, 6.07) is 13.4. The fraction of sp³-hybridized carbons (Fsp3) is 0.192. The van der Waals surface area contributed by atoms with Gasteiger partial charge in [0, 0.05) is 27.5 Å². The van der Waals surface area contributed by atoms with Gasteiger partial charge in [0.1, 0.15) is 18.2 Å². The summed E-state index contributed by atoms with van der Waals surface area (Å²) in [5.41, 5.74) is 0.613. The van der Waals surface area contributed by atoms with Gasteiger partial charge in [-0.1, -0.05) is 53.0 Å². The van der Waals surface area contributed by atoms with Gasteiger partial charge in [-0.05, 0) is 48.4 Å². The zero-order chi connectivity index (χ0) is 26.5. The summed E-state index contributed by atoms with van der Waals surface area (Å²) in [6.07, 6.45) is 3.48. The minimum absolute atomic E-state index is 0.0587. The third-order valence-electron chi connectivity index (χ3n) is 5.50. The Morgan fingerprint density at radius 3 is 2.68 bits per heavy atom. The van der Waals surface area contributed by atoms with E-state index in [2.05, 4.69) is 26.0 Å². The van der Waals surface area contributed by atoms with Crippen LogP contribution in [-0.4, -0.2) is 20.8 Å². The molecule has 0 atom stereocenters. The molecule has 0 saturated heterocycles. The second-order valence-corrected chi connectivity index (χ2v) is 9.52. The summed E-state index contributed by atoms with van der Waals surface area (Å²) in [6.45, 7) is 1.97. The maximum atomic E-state index is 13.3. The molecule has 11 heteroatoms. The second kappa shape index (κ2) is 11.6. The van der Waals surface area contributed by atoms with Crippen molar-refractivity contribution in [3.05, 3.63) is 107 Å². The molecule has 0 aliphatic carbocycles. The number of aryl methyl sites for hydroxylation is 1. The fourth-order valence-electron chi connectivity index (χ4n) is 3.66. The van der Waals surface area contributed by atoms with Crippen LogP contribution in [0, 0.1) is 15.9 Å². The molecule has 3 aromatic carbocycles. The largest absolute Gasteiger partial charge is 0.481 e. The molecule has 1 heterocycles. The van der Waals surface area contributed by atoms with Crippen molar-refractivity contribution in [1.29, 1.82) is 0 Å². The van der Waals surface area contributed by atoms with E-state index in [1.165, 1.54) is 47.3 Å². The fourth-order valence-corrected chi connectivity index (χ4v) is 4.24. The number of nitro groups is 1. The Bertz CT molecular complexity index is 1560. The Balaban J connectivity index is 1.80. The van der Waals surface area contributed by atoms with Crippen LogP contribution in [0.5, 0.6) is 5.75 Å². The van der Waals surface area contributed by atoms with Crippen molar-refractivity contribution < 1.29 is 14.1 Å². The zero-order valence-electron chi connectivity index (χ0n) is 19.7. The number of halogens is 3. The second-order valence-electron chi connectivity index (χ2n) is 8.17. The first-order valence-electron chi connectivity index (χ1n) is 11.4. The standard InChI is InChI=1S/C26H21BrClFN4O4/c1-2-3-4-24-31-22-10-7-18(27)12-21(22)26(34)32(24)30-14-17-11-19(28)13-23(33(35)36)25(17)37-15-16-5-8-20(29)9-6-16/h5-14H,2-4,15H2,1H3. The molecule has 8 nitrogen and oxygen atoms in total.